The first kappa shape index (κ1) is 22.5. The van der Waals surface area contributed by atoms with E-state index in [9.17, 15) is 14.0 Å². The van der Waals surface area contributed by atoms with Crippen LogP contribution in [0, 0.1) is 5.82 Å². The van der Waals surface area contributed by atoms with Crippen LogP contribution in [-0.4, -0.2) is 38.2 Å². The van der Waals surface area contributed by atoms with Crippen LogP contribution in [0.25, 0.3) is 11.0 Å². The summed E-state index contributed by atoms with van der Waals surface area (Å²) in [7, 11) is 1.69. The zero-order valence-corrected chi connectivity index (χ0v) is 19.2. The number of aromatic nitrogens is 4. The van der Waals surface area contributed by atoms with E-state index in [1.54, 1.807) is 19.2 Å². The maximum Gasteiger partial charge on any atom is 0.272 e. The van der Waals surface area contributed by atoms with Crippen molar-refractivity contribution in [1.29, 1.82) is 0 Å². The van der Waals surface area contributed by atoms with Gasteiger partial charge >= 0.3 is 0 Å². The third kappa shape index (κ3) is 4.58. The normalized spacial score (nSPS) is 12.6. The van der Waals surface area contributed by atoms with Crippen molar-refractivity contribution in [3.8, 4) is 5.75 Å². The summed E-state index contributed by atoms with van der Waals surface area (Å²) < 4.78 is 20.3. The lowest BCUT2D eigenvalue weighted by Crippen LogP contribution is -2.25. The maximum atomic E-state index is 13.4. The molecule has 10 nitrogen and oxygen atoms in total. The molecule has 0 bridgehead atoms. The minimum absolute atomic E-state index is 0.00220. The number of amides is 2. The molecule has 0 aliphatic carbocycles. The Hall–Kier alpha value is -4.25. The lowest BCUT2D eigenvalue weighted by atomic mass is 10.1. The van der Waals surface area contributed by atoms with Gasteiger partial charge in [0.2, 0.25) is 0 Å². The molecule has 3 heterocycles. The van der Waals surface area contributed by atoms with Crippen LogP contribution in [0.4, 0.5) is 15.9 Å². The molecule has 0 unspecified atom stereocenters. The second kappa shape index (κ2) is 9.18. The highest BCUT2D eigenvalue weighted by Crippen LogP contribution is 2.29. The Morgan fingerprint density at radius 3 is 2.83 bits per heavy atom. The van der Waals surface area contributed by atoms with Gasteiger partial charge in [-0.25, -0.2) is 14.4 Å². The fraction of sp³-hybridized carbons (Fsp3) is 0.174. The zero-order chi connectivity index (χ0) is 24.5. The van der Waals surface area contributed by atoms with Crippen molar-refractivity contribution >= 4 is 46.0 Å². The van der Waals surface area contributed by atoms with Gasteiger partial charge in [0.25, 0.3) is 11.8 Å². The second-order valence-corrected chi connectivity index (χ2v) is 8.25. The molecule has 3 N–H and O–H groups in total. The van der Waals surface area contributed by atoms with E-state index < -0.39 is 11.7 Å². The smallest absolute Gasteiger partial charge is 0.272 e. The summed E-state index contributed by atoms with van der Waals surface area (Å²) in [5.41, 5.74) is 3.23. The summed E-state index contributed by atoms with van der Waals surface area (Å²) in [6, 6.07) is 9.74. The van der Waals surface area contributed by atoms with E-state index in [0.29, 0.717) is 40.4 Å². The minimum Gasteiger partial charge on any atom is -0.482 e. The van der Waals surface area contributed by atoms with Gasteiger partial charge in [-0.2, -0.15) is 5.10 Å². The lowest BCUT2D eigenvalue weighted by Gasteiger charge is -2.18. The number of hydrogen-bond acceptors (Lipinski definition) is 7. The minimum atomic E-state index is -0.525. The first-order valence-corrected chi connectivity index (χ1v) is 11.0. The van der Waals surface area contributed by atoms with Gasteiger partial charge in [0.1, 0.15) is 28.9 Å². The van der Waals surface area contributed by atoms with Crippen LogP contribution in [0.15, 0.2) is 42.7 Å². The molecule has 12 heteroatoms. The molecule has 2 aromatic carbocycles. The summed E-state index contributed by atoms with van der Waals surface area (Å²) in [5, 5.41) is 13.2. The first-order valence-electron chi connectivity index (χ1n) is 10.6. The summed E-state index contributed by atoms with van der Waals surface area (Å²) in [4.78, 5) is 32.9. The fourth-order valence-electron chi connectivity index (χ4n) is 3.73. The average Bonchev–Trinajstić information content (AvgIpc) is 3.18. The summed E-state index contributed by atoms with van der Waals surface area (Å²) in [6.07, 6.45) is 1.30. The highest BCUT2D eigenvalue weighted by Gasteiger charge is 2.20. The summed E-state index contributed by atoms with van der Waals surface area (Å²) >= 11 is 5.81. The molecule has 35 heavy (non-hydrogen) atoms. The van der Waals surface area contributed by atoms with Gasteiger partial charge in [0, 0.05) is 20.1 Å². The van der Waals surface area contributed by atoms with Crippen LogP contribution in [0.2, 0.25) is 5.02 Å². The SMILES string of the molecule is Cn1nc(NCc2ccc3c(c2)NC(=O)CO3)c2ncnc(C(=O)NCc3ccc(F)c(Cl)c3)c21. The number of hydrogen-bond donors (Lipinski definition) is 3. The van der Waals surface area contributed by atoms with Gasteiger partial charge in [0.15, 0.2) is 18.1 Å². The van der Waals surface area contributed by atoms with Crippen molar-refractivity contribution in [2.75, 3.05) is 17.2 Å². The number of aryl methyl sites for hydroxylation is 1. The van der Waals surface area contributed by atoms with E-state index in [2.05, 4.69) is 31.0 Å². The number of rotatable bonds is 6. The van der Waals surface area contributed by atoms with E-state index in [0.717, 1.165) is 5.56 Å². The Bertz CT molecular complexity index is 1470. The monoisotopic (exact) mass is 495 g/mol. The van der Waals surface area contributed by atoms with Crippen molar-refractivity contribution in [3.63, 3.8) is 0 Å². The Labute approximate surface area is 203 Å². The number of nitrogens with zero attached hydrogens (tertiary/aromatic N) is 4. The van der Waals surface area contributed by atoms with Crippen LogP contribution in [0.1, 0.15) is 21.6 Å². The summed E-state index contributed by atoms with van der Waals surface area (Å²) in [6.45, 7) is 0.537. The van der Waals surface area contributed by atoms with Gasteiger partial charge in [-0.05, 0) is 35.4 Å². The van der Waals surface area contributed by atoms with Crippen molar-refractivity contribution in [2.24, 2.45) is 7.05 Å². The van der Waals surface area contributed by atoms with E-state index in [-0.39, 0.29) is 29.8 Å². The standard InChI is InChI=1S/C23H19ClFN7O3/c1-32-21-19(22(31-32)26-8-13-3-5-17-16(7-13)30-18(33)10-35-17)28-11-29-20(21)23(34)27-9-12-2-4-15(25)14(24)6-12/h2-7,11H,8-10H2,1H3,(H,26,31)(H,27,34)(H,30,33). The van der Waals surface area contributed by atoms with Gasteiger partial charge in [-0.1, -0.05) is 23.7 Å². The zero-order valence-electron chi connectivity index (χ0n) is 18.4. The van der Waals surface area contributed by atoms with Crippen molar-refractivity contribution < 1.29 is 18.7 Å². The molecule has 0 saturated heterocycles. The molecular weight excluding hydrogens is 477 g/mol. The molecular formula is C23H19ClFN7O3. The third-order valence-corrected chi connectivity index (χ3v) is 5.70. The van der Waals surface area contributed by atoms with Crippen LogP contribution < -0.4 is 20.7 Å². The number of ether oxygens (including phenoxy) is 1. The third-order valence-electron chi connectivity index (χ3n) is 5.41. The number of carbonyl (C=O) groups excluding carboxylic acids is 2. The first-order chi connectivity index (χ1) is 16.9. The van der Waals surface area contributed by atoms with Gasteiger partial charge < -0.3 is 20.7 Å². The van der Waals surface area contributed by atoms with Crippen molar-refractivity contribution in [1.82, 2.24) is 25.1 Å². The van der Waals surface area contributed by atoms with Gasteiger partial charge in [0.05, 0.1) is 10.7 Å². The summed E-state index contributed by atoms with van der Waals surface area (Å²) in [5.74, 6) is -0.0750. The maximum absolute atomic E-state index is 13.4. The molecule has 5 rings (SSSR count). The number of carbonyl (C=O) groups is 2. The molecule has 0 saturated carbocycles. The Kier molecular flexibility index (Phi) is 5.91. The molecule has 178 valence electrons. The van der Waals surface area contributed by atoms with E-state index in [1.807, 2.05) is 12.1 Å². The molecule has 1 aliphatic heterocycles. The fourth-order valence-corrected chi connectivity index (χ4v) is 3.94. The van der Waals surface area contributed by atoms with Crippen LogP contribution in [0.3, 0.4) is 0 Å². The Balaban J connectivity index is 1.33. The van der Waals surface area contributed by atoms with E-state index in [1.165, 1.54) is 23.1 Å². The molecule has 0 spiro atoms. The predicted molar refractivity (Wildman–Crippen MR) is 127 cm³/mol. The molecule has 0 radical (unpaired) electrons. The number of anilines is 2. The topological polar surface area (TPSA) is 123 Å². The Morgan fingerprint density at radius 1 is 1.20 bits per heavy atom. The van der Waals surface area contributed by atoms with E-state index >= 15 is 0 Å². The number of fused-ring (bicyclic) bond motifs is 2. The highest BCUT2D eigenvalue weighted by molar-refractivity contribution is 6.30. The molecule has 0 atom stereocenters. The van der Waals surface area contributed by atoms with Crippen LogP contribution >= 0.6 is 11.6 Å². The van der Waals surface area contributed by atoms with Crippen molar-refractivity contribution in [2.45, 2.75) is 13.1 Å². The van der Waals surface area contributed by atoms with Crippen LogP contribution in [-0.2, 0) is 24.9 Å². The molecule has 2 aromatic heterocycles. The number of benzene rings is 2. The molecule has 0 fully saturated rings. The predicted octanol–water partition coefficient (Wildman–Crippen LogP) is 3.03. The largest absolute Gasteiger partial charge is 0.482 e. The molecule has 4 aromatic rings. The number of halogens is 2. The van der Waals surface area contributed by atoms with Gasteiger partial charge in [-0.15, -0.1) is 0 Å². The van der Waals surface area contributed by atoms with Crippen molar-refractivity contribution in [3.05, 3.63) is 70.4 Å². The quantitative estimate of drug-likeness (QED) is 0.375. The molecule has 1 aliphatic rings. The highest BCUT2D eigenvalue weighted by atomic mass is 35.5. The van der Waals surface area contributed by atoms with Crippen LogP contribution in [0.5, 0.6) is 5.75 Å². The van der Waals surface area contributed by atoms with E-state index in [4.69, 9.17) is 16.3 Å². The lowest BCUT2D eigenvalue weighted by molar-refractivity contribution is -0.118. The average molecular weight is 496 g/mol. The van der Waals surface area contributed by atoms with Gasteiger partial charge in [-0.3, -0.25) is 14.3 Å². The Morgan fingerprint density at radius 2 is 2.00 bits per heavy atom. The molecule has 2 amide bonds. The second-order valence-electron chi connectivity index (χ2n) is 7.84. The number of nitrogens with one attached hydrogen (secondary N) is 3.